The van der Waals surface area contributed by atoms with Crippen LogP contribution in [0.4, 0.5) is 17.6 Å². The van der Waals surface area contributed by atoms with E-state index in [1.165, 1.54) is 64.2 Å². The van der Waals surface area contributed by atoms with Crippen molar-refractivity contribution in [1.29, 1.82) is 0 Å². The summed E-state index contributed by atoms with van der Waals surface area (Å²) in [6.45, 7) is 4.19. The van der Waals surface area contributed by atoms with Crippen molar-refractivity contribution in [1.82, 2.24) is 0 Å². The van der Waals surface area contributed by atoms with Crippen molar-refractivity contribution in [2.45, 2.75) is 110 Å². The summed E-state index contributed by atoms with van der Waals surface area (Å²) in [7, 11) is 0. The van der Waals surface area contributed by atoms with Crippen LogP contribution in [0.2, 0.25) is 0 Å². The van der Waals surface area contributed by atoms with Crippen LogP contribution in [-0.2, 0) is 6.42 Å². The second-order valence-corrected chi connectivity index (χ2v) is 13.3. The van der Waals surface area contributed by atoms with Gasteiger partial charge in [0, 0.05) is 16.7 Å². The Morgan fingerprint density at radius 1 is 0.568 bits per heavy atom. The minimum atomic E-state index is -0.880. The van der Waals surface area contributed by atoms with Crippen LogP contribution in [0.15, 0.2) is 54.6 Å². The molecule has 1 saturated carbocycles. The molecule has 3 aromatic carbocycles. The summed E-state index contributed by atoms with van der Waals surface area (Å²) in [5.74, 6) is -1.07. The Labute approximate surface area is 262 Å². The molecule has 0 N–H and O–H groups in total. The summed E-state index contributed by atoms with van der Waals surface area (Å²) in [4.78, 5) is 0. The Morgan fingerprint density at radius 2 is 1.16 bits per heavy atom. The molecule has 4 heteroatoms. The van der Waals surface area contributed by atoms with Crippen LogP contribution in [0.5, 0.6) is 0 Å². The van der Waals surface area contributed by atoms with Crippen molar-refractivity contribution in [3.63, 3.8) is 0 Å². The summed E-state index contributed by atoms with van der Waals surface area (Å²) in [6, 6.07) is 13.1. The maximum absolute atomic E-state index is 15.4. The molecule has 3 aromatic rings. The van der Waals surface area contributed by atoms with Crippen LogP contribution in [0.1, 0.15) is 115 Å². The second-order valence-electron chi connectivity index (χ2n) is 13.3. The minimum absolute atomic E-state index is 0.157. The molecule has 0 nitrogen and oxygen atoms in total. The third kappa shape index (κ3) is 7.49. The van der Waals surface area contributed by atoms with Gasteiger partial charge in [-0.25, -0.2) is 17.6 Å². The smallest absolute Gasteiger partial charge is 0.167 e. The van der Waals surface area contributed by atoms with Gasteiger partial charge in [-0.3, -0.25) is 0 Å². The van der Waals surface area contributed by atoms with E-state index < -0.39 is 23.3 Å². The van der Waals surface area contributed by atoms with Gasteiger partial charge in [0.1, 0.15) is 0 Å². The Morgan fingerprint density at radius 3 is 1.77 bits per heavy atom. The molecule has 2 aliphatic rings. The van der Waals surface area contributed by atoms with Crippen molar-refractivity contribution in [2.24, 2.45) is 17.8 Å². The molecular formula is C40H48F4. The van der Waals surface area contributed by atoms with Crippen molar-refractivity contribution < 1.29 is 17.6 Å². The fourth-order valence-electron chi connectivity index (χ4n) is 7.64. The van der Waals surface area contributed by atoms with Crippen LogP contribution in [0, 0.1) is 41.0 Å². The highest BCUT2D eigenvalue weighted by Gasteiger charge is 2.29. The Kier molecular flexibility index (Phi) is 11.4. The number of hydrogen-bond donors (Lipinski definition) is 0. The maximum atomic E-state index is 15.4. The fraction of sp³-hybridized carbons (Fsp3) is 0.500. The first-order valence-electron chi connectivity index (χ1n) is 17.2. The maximum Gasteiger partial charge on any atom is 0.167 e. The van der Waals surface area contributed by atoms with E-state index in [4.69, 9.17) is 0 Å². The molecule has 1 unspecified atom stereocenters. The van der Waals surface area contributed by atoms with Crippen LogP contribution in [0.25, 0.3) is 27.8 Å². The van der Waals surface area contributed by atoms with Gasteiger partial charge in [-0.15, -0.1) is 0 Å². The first kappa shape index (κ1) is 32.5. The average Bonchev–Trinajstić information content (AvgIpc) is 3.05. The fourth-order valence-corrected chi connectivity index (χ4v) is 7.64. The zero-order valence-corrected chi connectivity index (χ0v) is 26.5. The lowest BCUT2D eigenvalue weighted by Crippen LogP contribution is -2.23. The van der Waals surface area contributed by atoms with Crippen LogP contribution in [0.3, 0.4) is 0 Å². The number of allylic oxidation sites excluding steroid dienone is 2. The van der Waals surface area contributed by atoms with E-state index in [0.717, 1.165) is 43.1 Å². The quantitative estimate of drug-likeness (QED) is 0.142. The molecule has 1 fully saturated rings. The standard InChI is InChI=1S/C40H48F4/c1-3-5-6-7-8-10-27-11-13-28(14-12-27)29-15-17-30(18-16-29)35-25-26-36(40(44)39(35)43)32-21-19-31(20-22-32)34-24-23-33(9-4-2)37(41)38(34)42/h17,19-29H,3-16,18H2,1-2H3. The number of hydrogen-bond acceptors (Lipinski definition) is 0. The molecule has 0 aliphatic heterocycles. The molecule has 0 heterocycles. The van der Waals surface area contributed by atoms with Crippen molar-refractivity contribution in [3.8, 4) is 22.3 Å². The summed E-state index contributed by atoms with van der Waals surface area (Å²) in [5.41, 5.74) is 2.93. The molecule has 0 bridgehead atoms. The lowest BCUT2D eigenvalue weighted by molar-refractivity contribution is 0.187. The zero-order chi connectivity index (χ0) is 31.1. The summed E-state index contributed by atoms with van der Waals surface area (Å²) in [5, 5.41) is 0. The van der Waals surface area contributed by atoms with Gasteiger partial charge in [0.25, 0.3) is 0 Å². The van der Waals surface area contributed by atoms with Gasteiger partial charge in [-0.2, -0.15) is 0 Å². The molecule has 0 spiro atoms. The third-order valence-electron chi connectivity index (χ3n) is 10.3. The van der Waals surface area contributed by atoms with Gasteiger partial charge in [-0.05, 0) is 78.5 Å². The summed E-state index contributed by atoms with van der Waals surface area (Å²) >= 11 is 0. The average molecular weight is 605 g/mol. The lowest BCUT2D eigenvalue weighted by atomic mass is 9.70. The molecule has 0 saturated heterocycles. The molecule has 5 rings (SSSR count). The van der Waals surface area contributed by atoms with E-state index in [9.17, 15) is 8.78 Å². The molecule has 0 aromatic heterocycles. The number of benzene rings is 3. The number of rotatable bonds is 12. The van der Waals surface area contributed by atoms with E-state index >= 15 is 8.78 Å². The third-order valence-corrected chi connectivity index (χ3v) is 10.3. The first-order chi connectivity index (χ1) is 21.4. The number of halogens is 4. The first-order valence-corrected chi connectivity index (χ1v) is 17.2. The van der Waals surface area contributed by atoms with E-state index in [1.807, 2.05) is 6.92 Å². The van der Waals surface area contributed by atoms with Gasteiger partial charge in [0.15, 0.2) is 23.3 Å². The molecular weight excluding hydrogens is 556 g/mol. The topological polar surface area (TPSA) is 0 Å². The van der Waals surface area contributed by atoms with E-state index in [1.54, 1.807) is 48.5 Å². The van der Waals surface area contributed by atoms with Gasteiger partial charge >= 0.3 is 0 Å². The highest BCUT2D eigenvalue weighted by atomic mass is 19.2. The molecule has 44 heavy (non-hydrogen) atoms. The van der Waals surface area contributed by atoms with Crippen LogP contribution in [-0.4, -0.2) is 0 Å². The SMILES string of the molecule is CCCCCCCC1CCC(C2CC=C(c3ccc(-c4ccc(-c5ccc(CCC)c(F)c5F)cc4)c(F)c3F)CC2)CC1. The second kappa shape index (κ2) is 15.4. The van der Waals surface area contributed by atoms with Gasteiger partial charge < -0.3 is 0 Å². The number of aryl methyl sites for hydroxylation is 1. The van der Waals surface area contributed by atoms with Crippen molar-refractivity contribution in [2.75, 3.05) is 0 Å². The predicted octanol–water partition coefficient (Wildman–Crippen LogP) is 12.9. The largest absolute Gasteiger partial charge is 0.203 e. The molecule has 2 aliphatic carbocycles. The lowest BCUT2D eigenvalue weighted by Gasteiger charge is -2.35. The monoisotopic (exact) mass is 604 g/mol. The molecule has 236 valence electrons. The summed E-state index contributed by atoms with van der Waals surface area (Å²) in [6.07, 6.45) is 19.6. The van der Waals surface area contributed by atoms with Gasteiger partial charge in [-0.1, -0.05) is 126 Å². The normalized spacial score (nSPS) is 20.5. The Balaban J connectivity index is 1.20. The molecule has 1 atom stereocenters. The predicted molar refractivity (Wildman–Crippen MR) is 175 cm³/mol. The van der Waals surface area contributed by atoms with E-state index in [-0.39, 0.29) is 11.1 Å². The van der Waals surface area contributed by atoms with Crippen molar-refractivity contribution in [3.05, 3.63) is 89.0 Å². The minimum Gasteiger partial charge on any atom is -0.203 e. The Bertz CT molecular complexity index is 1410. The highest BCUT2D eigenvalue weighted by molar-refractivity contribution is 5.74. The molecule has 0 amide bonds. The molecule has 0 radical (unpaired) electrons. The highest BCUT2D eigenvalue weighted by Crippen LogP contribution is 2.43. The van der Waals surface area contributed by atoms with E-state index in [0.29, 0.717) is 34.6 Å². The van der Waals surface area contributed by atoms with Gasteiger partial charge in [0.2, 0.25) is 0 Å². The van der Waals surface area contributed by atoms with Crippen LogP contribution >= 0.6 is 0 Å². The van der Waals surface area contributed by atoms with E-state index in [2.05, 4.69) is 13.0 Å². The van der Waals surface area contributed by atoms with Crippen molar-refractivity contribution >= 4 is 5.57 Å². The zero-order valence-electron chi connectivity index (χ0n) is 26.5. The Hall–Kier alpha value is -2.88. The summed E-state index contributed by atoms with van der Waals surface area (Å²) < 4.78 is 60.1. The number of unbranched alkanes of at least 4 members (excludes halogenated alkanes) is 4. The van der Waals surface area contributed by atoms with Crippen LogP contribution < -0.4 is 0 Å². The van der Waals surface area contributed by atoms with Gasteiger partial charge in [0.05, 0.1) is 0 Å².